The second-order valence-corrected chi connectivity index (χ2v) is 5.73. The minimum absolute atomic E-state index is 0.706. The van der Waals surface area contributed by atoms with Crippen molar-refractivity contribution in [3.63, 3.8) is 0 Å². The molecule has 0 atom stereocenters. The number of hydrogen-bond donors (Lipinski definition) is 1. The lowest BCUT2D eigenvalue weighted by Gasteiger charge is -2.07. The monoisotopic (exact) mass is 261 g/mol. The Labute approximate surface area is 112 Å². The number of aryl methyl sites for hydroxylation is 4. The van der Waals surface area contributed by atoms with Gasteiger partial charge in [-0.05, 0) is 44.9 Å². The fraction of sp³-hybridized carbons (Fsp3) is 0.429. The number of aromatic nitrogens is 2. The summed E-state index contributed by atoms with van der Waals surface area (Å²) in [6.07, 6.45) is 1.90. The zero-order valence-electron chi connectivity index (χ0n) is 11.2. The van der Waals surface area contributed by atoms with Crippen LogP contribution in [0.3, 0.4) is 0 Å². The molecule has 1 heterocycles. The van der Waals surface area contributed by atoms with E-state index in [2.05, 4.69) is 43.1 Å². The number of hydrogen-bond acceptors (Lipinski definition) is 4. The highest BCUT2D eigenvalue weighted by molar-refractivity contribution is 7.14. The molecule has 0 fully saturated rings. The molecule has 2 rings (SSSR count). The number of rotatable bonds is 4. The van der Waals surface area contributed by atoms with Gasteiger partial charge in [0.25, 0.3) is 0 Å². The van der Waals surface area contributed by atoms with Crippen LogP contribution in [-0.4, -0.2) is 16.7 Å². The molecule has 3 nitrogen and oxygen atoms in total. The van der Waals surface area contributed by atoms with Crippen LogP contribution >= 0.6 is 11.3 Å². The van der Waals surface area contributed by atoms with E-state index in [4.69, 9.17) is 5.73 Å². The fourth-order valence-corrected chi connectivity index (χ4v) is 3.28. The maximum absolute atomic E-state index is 5.52. The highest BCUT2D eigenvalue weighted by Gasteiger charge is 2.12. The number of nitrogens with two attached hydrogens (primary N) is 1. The van der Waals surface area contributed by atoms with Gasteiger partial charge >= 0.3 is 0 Å². The minimum atomic E-state index is 0.706. The molecule has 0 saturated heterocycles. The van der Waals surface area contributed by atoms with Crippen molar-refractivity contribution in [3.05, 3.63) is 33.8 Å². The van der Waals surface area contributed by atoms with Gasteiger partial charge in [-0.3, -0.25) is 0 Å². The van der Waals surface area contributed by atoms with Gasteiger partial charge in [-0.2, -0.15) is 0 Å². The molecule has 0 aliphatic heterocycles. The van der Waals surface area contributed by atoms with Crippen LogP contribution in [0.4, 0.5) is 0 Å². The quantitative estimate of drug-likeness (QED) is 0.920. The lowest BCUT2D eigenvalue weighted by Crippen LogP contribution is -1.99. The smallest absolute Gasteiger partial charge is 0.148 e. The Morgan fingerprint density at radius 3 is 2.39 bits per heavy atom. The van der Waals surface area contributed by atoms with Crippen LogP contribution in [0.15, 0.2) is 12.1 Å². The van der Waals surface area contributed by atoms with Crippen molar-refractivity contribution in [2.75, 3.05) is 6.54 Å². The van der Waals surface area contributed by atoms with Crippen LogP contribution < -0.4 is 5.73 Å². The van der Waals surface area contributed by atoms with Crippen molar-refractivity contribution in [2.24, 2.45) is 5.73 Å². The zero-order chi connectivity index (χ0) is 13.1. The van der Waals surface area contributed by atoms with E-state index in [1.807, 2.05) is 0 Å². The van der Waals surface area contributed by atoms with Gasteiger partial charge in [-0.25, -0.2) is 0 Å². The zero-order valence-corrected chi connectivity index (χ0v) is 12.0. The summed E-state index contributed by atoms with van der Waals surface area (Å²) >= 11 is 1.68. The van der Waals surface area contributed by atoms with Crippen molar-refractivity contribution in [3.8, 4) is 10.6 Å². The topological polar surface area (TPSA) is 51.8 Å². The van der Waals surface area contributed by atoms with Gasteiger partial charge < -0.3 is 5.73 Å². The third-order valence-electron chi connectivity index (χ3n) is 2.95. The molecule has 0 radical (unpaired) electrons. The number of nitrogens with zero attached hydrogens (tertiary/aromatic N) is 2. The Morgan fingerprint density at radius 1 is 1.11 bits per heavy atom. The highest BCUT2D eigenvalue weighted by Crippen LogP contribution is 2.30. The van der Waals surface area contributed by atoms with Gasteiger partial charge in [-0.15, -0.1) is 10.2 Å². The van der Waals surface area contributed by atoms with Gasteiger partial charge in [0, 0.05) is 12.0 Å². The van der Waals surface area contributed by atoms with E-state index in [0.717, 1.165) is 22.9 Å². The summed E-state index contributed by atoms with van der Waals surface area (Å²) in [5.41, 5.74) is 10.6. The van der Waals surface area contributed by atoms with E-state index >= 15 is 0 Å². The molecule has 2 aromatic rings. The van der Waals surface area contributed by atoms with Crippen LogP contribution in [0.2, 0.25) is 0 Å². The normalized spacial score (nSPS) is 10.9. The lowest BCUT2D eigenvalue weighted by molar-refractivity contribution is 0.812. The maximum atomic E-state index is 5.52. The molecule has 2 N–H and O–H groups in total. The molecule has 1 aromatic carbocycles. The van der Waals surface area contributed by atoms with Crippen molar-refractivity contribution >= 4 is 11.3 Å². The Bertz CT molecular complexity index is 523. The average molecular weight is 261 g/mol. The molecule has 0 saturated carbocycles. The largest absolute Gasteiger partial charge is 0.330 e. The van der Waals surface area contributed by atoms with E-state index < -0.39 is 0 Å². The predicted octanol–water partition coefficient (Wildman–Crippen LogP) is 3.02. The SMILES string of the molecule is Cc1cc(C)c(-c2nnc(CCCN)s2)c(C)c1. The molecule has 0 aliphatic carbocycles. The molecule has 0 amide bonds. The van der Waals surface area contributed by atoms with Gasteiger partial charge in [0.05, 0.1) is 0 Å². The van der Waals surface area contributed by atoms with Crippen molar-refractivity contribution < 1.29 is 0 Å². The minimum Gasteiger partial charge on any atom is -0.330 e. The first-order chi connectivity index (χ1) is 8.61. The third-order valence-corrected chi connectivity index (χ3v) is 3.95. The molecule has 18 heavy (non-hydrogen) atoms. The molecule has 0 aliphatic rings. The molecule has 96 valence electrons. The molecular formula is C14H19N3S. The van der Waals surface area contributed by atoms with Gasteiger partial charge in [0.15, 0.2) is 0 Å². The first-order valence-corrected chi connectivity index (χ1v) is 7.04. The lowest BCUT2D eigenvalue weighted by atomic mass is 10.0. The third kappa shape index (κ3) is 2.76. The second-order valence-electron chi connectivity index (χ2n) is 4.67. The van der Waals surface area contributed by atoms with E-state index in [1.54, 1.807) is 11.3 Å². The van der Waals surface area contributed by atoms with Crippen molar-refractivity contribution in [2.45, 2.75) is 33.6 Å². The van der Waals surface area contributed by atoms with E-state index in [0.29, 0.717) is 6.54 Å². The van der Waals surface area contributed by atoms with Crippen molar-refractivity contribution in [1.82, 2.24) is 10.2 Å². The van der Waals surface area contributed by atoms with Gasteiger partial charge in [-0.1, -0.05) is 29.0 Å². The Morgan fingerprint density at radius 2 is 1.78 bits per heavy atom. The van der Waals surface area contributed by atoms with Crippen LogP contribution in [0.5, 0.6) is 0 Å². The predicted molar refractivity (Wildman–Crippen MR) is 76.9 cm³/mol. The fourth-order valence-electron chi connectivity index (χ4n) is 2.23. The Balaban J connectivity index is 2.34. The van der Waals surface area contributed by atoms with Gasteiger partial charge in [0.2, 0.25) is 0 Å². The first-order valence-electron chi connectivity index (χ1n) is 6.22. The van der Waals surface area contributed by atoms with E-state index in [-0.39, 0.29) is 0 Å². The summed E-state index contributed by atoms with van der Waals surface area (Å²) in [5.74, 6) is 0. The summed E-state index contributed by atoms with van der Waals surface area (Å²) in [5, 5.41) is 10.7. The summed E-state index contributed by atoms with van der Waals surface area (Å²) in [6.45, 7) is 7.10. The molecule has 1 aromatic heterocycles. The Hall–Kier alpha value is -1.26. The summed E-state index contributed by atoms with van der Waals surface area (Å²) in [4.78, 5) is 0. The molecule has 0 spiro atoms. The van der Waals surface area contributed by atoms with Gasteiger partial charge in [0.1, 0.15) is 10.0 Å². The molecule has 0 bridgehead atoms. The summed E-state index contributed by atoms with van der Waals surface area (Å²) in [7, 11) is 0. The van der Waals surface area contributed by atoms with Crippen LogP contribution in [0, 0.1) is 20.8 Å². The maximum Gasteiger partial charge on any atom is 0.148 e. The molecular weight excluding hydrogens is 242 g/mol. The van der Waals surface area contributed by atoms with E-state index in [9.17, 15) is 0 Å². The highest BCUT2D eigenvalue weighted by atomic mass is 32.1. The van der Waals surface area contributed by atoms with Crippen molar-refractivity contribution in [1.29, 1.82) is 0 Å². The average Bonchev–Trinajstić information content (AvgIpc) is 2.73. The summed E-state index contributed by atoms with van der Waals surface area (Å²) < 4.78 is 0. The van der Waals surface area contributed by atoms with Crippen LogP contribution in [0.25, 0.3) is 10.6 Å². The molecule has 0 unspecified atom stereocenters. The standard InChI is InChI=1S/C14H19N3S/c1-9-7-10(2)13(11(3)8-9)14-17-16-12(18-14)5-4-6-15/h7-8H,4-6,15H2,1-3H3. The Kier molecular flexibility index (Phi) is 4.09. The van der Waals surface area contributed by atoms with Crippen LogP contribution in [0.1, 0.15) is 28.1 Å². The van der Waals surface area contributed by atoms with Crippen LogP contribution in [-0.2, 0) is 6.42 Å². The second kappa shape index (κ2) is 5.59. The first kappa shape index (κ1) is 13.2. The summed E-state index contributed by atoms with van der Waals surface area (Å²) in [6, 6.07) is 4.40. The molecule has 4 heteroatoms. The number of benzene rings is 1. The van der Waals surface area contributed by atoms with E-state index in [1.165, 1.54) is 22.3 Å².